The molecule has 2 aromatic rings. The van der Waals surface area contributed by atoms with E-state index in [0.717, 1.165) is 11.3 Å². The first-order chi connectivity index (χ1) is 13.0. The van der Waals surface area contributed by atoms with Crippen LogP contribution in [-0.4, -0.2) is 29.1 Å². The molecule has 0 spiro atoms. The Balaban J connectivity index is 1.48. The van der Waals surface area contributed by atoms with Crippen molar-refractivity contribution in [1.82, 2.24) is 5.01 Å². The number of carbonyl (C=O) groups excluding carboxylic acids is 2. The van der Waals surface area contributed by atoms with Crippen molar-refractivity contribution in [2.45, 2.75) is 25.9 Å². The minimum absolute atomic E-state index is 0.0202. The minimum atomic E-state index is -0.481. The molecule has 0 unspecified atom stereocenters. The fraction of sp³-hybridized carbons (Fsp3) is 0.250. The lowest BCUT2D eigenvalue weighted by atomic mass is 10.1. The lowest BCUT2D eigenvalue weighted by Gasteiger charge is -2.11. The molecular weight excluding hydrogens is 387 g/mol. The Morgan fingerprint density at radius 2 is 1.70 bits per heavy atom. The van der Waals surface area contributed by atoms with Crippen molar-refractivity contribution in [3.63, 3.8) is 0 Å². The van der Waals surface area contributed by atoms with Crippen molar-refractivity contribution >= 4 is 40.8 Å². The summed E-state index contributed by atoms with van der Waals surface area (Å²) in [5, 5.41) is 6.66. The SMILES string of the molecule is O=C(CCC(=O)N1CCC(c2ccccc2)=N1)OCc1c(Cl)cccc1Cl. The Hall–Kier alpha value is -2.37. The third kappa shape index (κ3) is 5.08. The number of hydrogen-bond acceptors (Lipinski definition) is 4. The summed E-state index contributed by atoms with van der Waals surface area (Å²) in [6.07, 6.45) is 0.722. The zero-order valence-corrected chi connectivity index (χ0v) is 16.0. The van der Waals surface area contributed by atoms with E-state index >= 15 is 0 Å². The van der Waals surface area contributed by atoms with Gasteiger partial charge in [-0.15, -0.1) is 0 Å². The number of esters is 1. The van der Waals surface area contributed by atoms with Gasteiger partial charge in [-0.3, -0.25) is 9.59 Å². The average Bonchev–Trinajstić information content (AvgIpc) is 3.17. The summed E-state index contributed by atoms with van der Waals surface area (Å²) in [6.45, 7) is 0.499. The predicted octanol–water partition coefficient (Wildman–Crippen LogP) is 4.45. The topological polar surface area (TPSA) is 59.0 Å². The van der Waals surface area contributed by atoms with Crippen molar-refractivity contribution in [3.05, 3.63) is 69.7 Å². The lowest BCUT2D eigenvalue weighted by Crippen LogP contribution is -2.24. The highest BCUT2D eigenvalue weighted by Gasteiger charge is 2.22. The van der Waals surface area contributed by atoms with Gasteiger partial charge < -0.3 is 4.74 Å². The van der Waals surface area contributed by atoms with Gasteiger partial charge in [0.1, 0.15) is 6.61 Å². The first kappa shape index (κ1) is 19.4. The molecule has 3 rings (SSSR count). The zero-order valence-electron chi connectivity index (χ0n) is 14.5. The third-order valence-electron chi connectivity index (χ3n) is 4.18. The maximum atomic E-state index is 12.3. The molecule has 1 aliphatic rings. The quantitative estimate of drug-likeness (QED) is 0.667. The summed E-state index contributed by atoms with van der Waals surface area (Å²) in [6, 6.07) is 14.8. The zero-order chi connectivity index (χ0) is 19.2. The van der Waals surface area contributed by atoms with Crippen LogP contribution in [0, 0.1) is 0 Å². The molecule has 1 amide bonds. The highest BCUT2D eigenvalue weighted by Crippen LogP contribution is 2.25. The summed E-state index contributed by atoms with van der Waals surface area (Å²) in [5.41, 5.74) is 2.43. The van der Waals surface area contributed by atoms with Crippen LogP contribution >= 0.6 is 23.2 Å². The van der Waals surface area contributed by atoms with Crippen molar-refractivity contribution in [2.24, 2.45) is 5.10 Å². The molecule has 140 valence electrons. The van der Waals surface area contributed by atoms with E-state index in [4.69, 9.17) is 27.9 Å². The van der Waals surface area contributed by atoms with E-state index in [-0.39, 0.29) is 25.4 Å². The van der Waals surface area contributed by atoms with E-state index in [1.807, 2.05) is 30.3 Å². The van der Waals surface area contributed by atoms with Crippen LogP contribution in [0.2, 0.25) is 10.0 Å². The average molecular weight is 405 g/mol. The van der Waals surface area contributed by atoms with E-state index in [9.17, 15) is 9.59 Å². The molecule has 2 aromatic carbocycles. The second-order valence-corrected chi connectivity index (χ2v) is 6.85. The Morgan fingerprint density at radius 1 is 1.00 bits per heavy atom. The van der Waals surface area contributed by atoms with E-state index in [2.05, 4.69) is 5.10 Å². The minimum Gasteiger partial charge on any atom is -0.461 e. The van der Waals surface area contributed by atoms with E-state index in [1.54, 1.807) is 18.2 Å². The molecule has 0 saturated heterocycles. The van der Waals surface area contributed by atoms with Gasteiger partial charge in [-0.2, -0.15) is 5.10 Å². The van der Waals surface area contributed by atoms with Crippen LogP contribution in [0.3, 0.4) is 0 Å². The molecule has 0 bridgehead atoms. The molecule has 1 heterocycles. The Morgan fingerprint density at radius 3 is 2.41 bits per heavy atom. The molecule has 0 N–H and O–H groups in total. The molecule has 0 saturated carbocycles. The smallest absolute Gasteiger partial charge is 0.306 e. The Labute approximate surface area is 167 Å². The first-order valence-corrected chi connectivity index (χ1v) is 9.32. The van der Waals surface area contributed by atoms with Gasteiger partial charge in [0, 0.05) is 28.5 Å². The maximum absolute atomic E-state index is 12.3. The molecule has 1 aliphatic heterocycles. The number of rotatable bonds is 6. The van der Waals surface area contributed by atoms with Crippen LogP contribution in [0.4, 0.5) is 0 Å². The van der Waals surface area contributed by atoms with Gasteiger partial charge in [-0.1, -0.05) is 59.6 Å². The molecule has 5 nitrogen and oxygen atoms in total. The molecule has 27 heavy (non-hydrogen) atoms. The number of benzene rings is 2. The number of hydrazone groups is 1. The van der Waals surface area contributed by atoms with E-state index in [1.165, 1.54) is 5.01 Å². The van der Waals surface area contributed by atoms with Crippen LogP contribution in [0.15, 0.2) is 53.6 Å². The lowest BCUT2D eigenvalue weighted by molar-refractivity contribution is -0.147. The summed E-state index contributed by atoms with van der Waals surface area (Å²) in [4.78, 5) is 24.2. The second-order valence-electron chi connectivity index (χ2n) is 6.04. The van der Waals surface area contributed by atoms with Gasteiger partial charge in [0.05, 0.1) is 18.7 Å². The largest absolute Gasteiger partial charge is 0.461 e. The summed E-state index contributed by atoms with van der Waals surface area (Å²) in [7, 11) is 0. The van der Waals surface area contributed by atoms with Crippen molar-refractivity contribution in [3.8, 4) is 0 Å². The first-order valence-electron chi connectivity index (χ1n) is 8.56. The Bertz CT molecular complexity index is 849. The van der Waals surface area contributed by atoms with Crippen LogP contribution in [0.5, 0.6) is 0 Å². The van der Waals surface area contributed by atoms with Crippen LogP contribution < -0.4 is 0 Å². The molecule has 0 fully saturated rings. The van der Waals surface area contributed by atoms with Crippen molar-refractivity contribution in [1.29, 1.82) is 0 Å². The summed E-state index contributed by atoms with van der Waals surface area (Å²) >= 11 is 12.1. The van der Waals surface area contributed by atoms with Crippen LogP contribution in [0.1, 0.15) is 30.4 Å². The normalized spacial score (nSPS) is 13.4. The highest BCUT2D eigenvalue weighted by atomic mass is 35.5. The molecule has 0 aliphatic carbocycles. The second kappa shape index (κ2) is 9.02. The molecule has 0 radical (unpaired) electrons. The van der Waals surface area contributed by atoms with Gasteiger partial charge in [0.25, 0.3) is 0 Å². The van der Waals surface area contributed by atoms with Gasteiger partial charge in [0.2, 0.25) is 5.91 Å². The summed E-state index contributed by atoms with van der Waals surface area (Å²) in [5.74, 6) is -0.681. The van der Waals surface area contributed by atoms with Crippen LogP contribution in [-0.2, 0) is 20.9 Å². The monoisotopic (exact) mass is 404 g/mol. The molecule has 0 aromatic heterocycles. The number of hydrogen-bond donors (Lipinski definition) is 0. The van der Waals surface area contributed by atoms with Gasteiger partial charge in [-0.05, 0) is 17.7 Å². The van der Waals surface area contributed by atoms with E-state index in [0.29, 0.717) is 28.6 Å². The Kier molecular flexibility index (Phi) is 6.48. The number of ether oxygens (including phenoxy) is 1. The summed E-state index contributed by atoms with van der Waals surface area (Å²) < 4.78 is 5.18. The van der Waals surface area contributed by atoms with Crippen molar-refractivity contribution < 1.29 is 14.3 Å². The fourth-order valence-electron chi connectivity index (χ4n) is 2.70. The van der Waals surface area contributed by atoms with E-state index < -0.39 is 5.97 Å². The van der Waals surface area contributed by atoms with Gasteiger partial charge >= 0.3 is 5.97 Å². The molecule has 0 atom stereocenters. The number of nitrogens with zero attached hydrogens (tertiary/aromatic N) is 2. The maximum Gasteiger partial charge on any atom is 0.306 e. The number of amides is 1. The highest BCUT2D eigenvalue weighted by molar-refractivity contribution is 6.35. The molecule has 7 heteroatoms. The number of carbonyl (C=O) groups is 2. The third-order valence-corrected chi connectivity index (χ3v) is 4.89. The van der Waals surface area contributed by atoms with Gasteiger partial charge in [-0.25, -0.2) is 5.01 Å². The molecular formula is C20H18Cl2N2O3. The van der Waals surface area contributed by atoms with Crippen LogP contribution in [0.25, 0.3) is 0 Å². The fourth-order valence-corrected chi connectivity index (χ4v) is 3.21. The van der Waals surface area contributed by atoms with Crippen molar-refractivity contribution in [2.75, 3.05) is 6.54 Å². The van der Waals surface area contributed by atoms with Gasteiger partial charge in [0.15, 0.2) is 0 Å². The predicted molar refractivity (Wildman–Crippen MR) is 105 cm³/mol. The standard InChI is InChI=1S/C20H18Cl2N2O3/c21-16-7-4-8-17(22)15(16)13-27-20(26)10-9-19(25)24-12-11-18(23-24)14-5-2-1-3-6-14/h1-8H,9-13H2. The number of halogens is 2.